The molecule has 4 nitrogen and oxygen atoms in total. The second-order valence-electron chi connectivity index (χ2n) is 5.93. The summed E-state index contributed by atoms with van der Waals surface area (Å²) in [4.78, 5) is 0. The second-order valence-corrected chi connectivity index (χ2v) is 12.1. The zero-order valence-corrected chi connectivity index (χ0v) is 18.3. The minimum Gasteiger partial charge on any atom is -0.391 e. The molecule has 24 heavy (non-hydrogen) atoms. The van der Waals surface area contributed by atoms with Crippen molar-refractivity contribution in [2.75, 3.05) is 26.4 Å². The van der Waals surface area contributed by atoms with Crippen LogP contribution < -0.4 is 0 Å². The first kappa shape index (κ1) is 23.8. The lowest BCUT2D eigenvalue weighted by Crippen LogP contribution is -2.47. The minimum absolute atomic E-state index is 0.705. The Hall–Kier alpha value is -0.246. The van der Waals surface area contributed by atoms with Crippen molar-refractivity contribution in [3.8, 4) is 0 Å². The maximum atomic E-state index is 6.15. The molecule has 0 bridgehead atoms. The monoisotopic (exact) mass is 374 g/mol. The highest BCUT2D eigenvalue weighted by molar-refractivity contribution is 6.78. The minimum atomic E-state index is -2.43. The molecule has 0 radical (unpaired) electrons. The molecule has 0 aliphatic carbocycles. The third-order valence-electron chi connectivity index (χ3n) is 3.65. The van der Waals surface area contributed by atoms with Gasteiger partial charge in [0.25, 0.3) is 0 Å². The Morgan fingerprint density at radius 1 is 0.583 bits per heavy atom. The third-order valence-corrected chi connectivity index (χ3v) is 10.1. The molecule has 0 fully saturated rings. The van der Waals surface area contributed by atoms with Crippen molar-refractivity contribution < 1.29 is 17.7 Å². The molecule has 6 heteroatoms. The highest BCUT2D eigenvalue weighted by Gasteiger charge is 2.41. The second kappa shape index (κ2) is 14.0. The van der Waals surface area contributed by atoms with Gasteiger partial charge >= 0.3 is 17.1 Å². The van der Waals surface area contributed by atoms with Crippen LogP contribution in [-0.2, 0) is 17.7 Å². The van der Waals surface area contributed by atoms with E-state index in [0.29, 0.717) is 26.4 Å². The van der Waals surface area contributed by atoms with Crippen LogP contribution in [0.4, 0.5) is 0 Å². The Morgan fingerprint density at radius 2 is 0.833 bits per heavy atom. The average molecular weight is 375 g/mol. The van der Waals surface area contributed by atoms with Crippen molar-refractivity contribution in [2.45, 2.75) is 65.5 Å². The maximum Gasteiger partial charge on any atom is 0.364 e. The van der Waals surface area contributed by atoms with Crippen LogP contribution in [0.15, 0.2) is 24.6 Å². The molecule has 0 aromatic carbocycles. The van der Waals surface area contributed by atoms with Crippen molar-refractivity contribution >= 4 is 17.1 Å². The first-order chi connectivity index (χ1) is 11.6. The Balaban J connectivity index is 5.09. The van der Waals surface area contributed by atoms with Crippen LogP contribution in [0.2, 0.25) is 12.1 Å². The summed E-state index contributed by atoms with van der Waals surface area (Å²) in [5.41, 5.74) is 3.83. The molecule has 0 rings (SSSR count). The quantitative estimate of drug-likeness (QED) is 0.335. The van der Waals surface area contributed by atoms with E-state index < -0.39 is 17.1 Å². The van der Waals surface area contributed by atoms with E-state index in [2.05, 4.69) is 40.9 Å². The summed E-state index contributed by atoms with van der Waals surface area (Å²) in [6, 6.07) is 1.62. The van der Waals surface area contributed by atoms with Crippen LogP contribution in [-0.4, -0.2) is 43.5 Å². The van der Waals surface area contributed by atoms with Gasteiger partial charge in [0.05, 0.1) is 0 Å². The number of rotatable bonds is 17. The summed E-state index contributed by atoms with van der Waals surface area (Å²) in [7, 11) is -4.85. The van der Waals surface area contributed by atoms with Crippen LogP contribution in [0.1, 0.15) is 53.4 Å². The topological polar surface area (TPSA) is 36.9 Å². The molecular formula is C18H38O4Si2. The van der Waals surface area contributed by atoms with Crippen molar-refractivity contribution in [3.63, 3.8) is 0 Å². The van der Waals surface area contributed by atoms with E-state index in [1.165, 1.54) is 0 Å². The van der Waals surface area contributed by atoms with E-state index in [9.17, 15) is 0 Å². The zero-order valence-electron chi connectivity index (χ0n) is 16.3. The fourth-order valence-electron chi connectivity index (χ4n) is 2.26. The van der Waals surface area contributed by atoms with Gasteiger partial charge in [-0.2, -0.15) is 0 Å². The Bertz CT molecular complexity index is 289. The molecule has 0 unspecified atom stereocenters. The van der Waals surface area contributed by atoms with Crippen LogP contribution in [0.25, 0.3) is 0 Å². The van der Waals surface area contributed by atoms with E-state index in [4.69, 9.17) is 17.7 Å². The smallest absolute Gasteiger partial charge is 0.364 e. The van der Waals surface area contributed by atoms with Gasteiger partial charge in [0.2, 0.25) is 0 Å². The molecule has 0 aliphatic heterocycles. The van der Waals surface area contributed by atoms with Crippen molar-refractivity contribution in [1.82, 2.24) is 0 Å². The van der Waals surface area contributed by atoms with E-state index >= 15 is 0 Å². The predicted octanol–water partition coefficient (Wildman–Crippen LogP) is 5.03. The fourth-order valence-corrected chi connectivity index (χ4v) is 8.87. The first-order valence-electron chi connectivity index (χ1n) is 9.40. The molecule has 0 aromatic heterocycles. The molecule has 0 aliphatic rings. The van der Waals surface area contributed by atoms with Gasteiger partial charge in [-0.05, 0) is 49.2 Å². The average Bonchev–Trinajstić information content (AvgIpc) is 2.63. The number of hydrogen-bond acceptors (Lipinski definition) is 4. The summed E-state index contributed by atoms with van der Waals surface area (Å²) < 4.78 is 24.6. The molecule has 0 aromatic rings. The van der Waals surface area contributed by atoms with E-state index in [-0.39, 0.29) is 0 Å². The SMILES string of the molecule is C=C[Si](CC[Si](C=C)(OCCC)OCCC)(OCCC)OCCC. The van der Waals surface area contributed by atoms with Gasteiger partial charge in [0, 0.05) is 26.4 Å². The highest BCUT2D eigenvalue weighted by Crippen LogP contribution is 2.26. The molecule has 0 N–H and O–H groups in total. The lowest BCUT2D eigenvalue weighted by Gasteiger charge is -2.32. The Labute approximate surface area is 151 Å². The summed E-state index contributed by atoms with van der Waals surface area (Å²) >= 11 is 0. The van der Waals surface area contributed by atoms with Crippen LogP contribution in [0, 0.1) is 0 Å². The van der Waals surface area contributed by atoms with E-state index in [0.717, 1.165) is 37.8 Å². The molecule has 0 atom stereocenters. The standard InChI is InChI=1S/C18H38O4Si2/c1-7-13-19-23(11-5,20-14-8-2)17-18-24(12-6,21-15-9-3)22-16-10-4/h11-12H,5-10,13-18H2,1-4H3. The molecular weight excluding hydrogens is 336 g/mol. The van der Waals surface area contributed by atoms with Gasteiger partial charge in [0.1, 0.15) is 0 Å². The molecule has 0 heterocycles. The summed E-state index contributed by atoms with van der Waals surface area (Å²) in [6.07, 6.45) is 3.89. The Morgan fingerprint density at radius 3 is 1.00 bits per heavy atom. The van der Waals surface area contributed by atoms with Gasteiger partial charge < -0.3 is 17.7 Å². The van der Waals surface area contributed by atoms with Crippen LogP contribution >= 0.6 is 0 Å². The van der Waals surface area contributed by atoms with Crippen molar-refractivity contribution in [1.29, 1.82) is 0 Å². The van der Waals surface area contributed by atoms with Gasteiger partial charge in [-0.25, -0.2) is 0 Å². The van der Waals surface area contributed by atoms with Crippen molar-refractivity contribution in [3.05, 3.63) is 24.6 Å². The van der Waals surface area contributed by atoms with E-state index in [1.807, 2.05) is 11.4 Å². The predicted molar refractivity (Wildman–Crippen MR) is 106 cm³/mol. The van der Waals surface area contributed by atoms with Crippen LogP contribution in [0.5, 0.6) is 0 Å². The zero-order chi connectivity index (χ0) is 18.3. The molecule has 0 spiro atoms. The number of hydrogen-bond donors (Lipinski definition) is 0. The molecule has 142 valence electrons. The highest BCUT2D eigenvalue weighted by atomic mass is 28.4. The third kappa shape index (κ3) is 8.73. The van der Waals surface area contributed by atoms with Gasteiger partial charge in [-0.1, -0.05) is 27.7 Å². The largest absolute Gasteiger partial charge is 0.391 e. The molecule has 0 saturated heterocycles. The first-order valence-corrected chi connectivity index (χ1v) is 13.6. The molecule has 0 amide bonds. The summed E-state index contributed by atoms with van der Waals surface area (Å²) in [5, 5.41) is 0. The van der Waals surface area contributed by atoms with Crippen molar-refractivity contribution in [2.24, 2.45) is 0 Å². The normalized spacial score (nSPS) is 12.3. The lowest BCUT2D eigenvalue weighted by atomic mass is 10.5. The maximum absolute atomic E-state index is 6.15. The van der Waals surface area contributed by atoms with Gasteiger partial charge in [0.15, 0.2) is 0 Å². The van der Waals surface area contributed by atoms with Crippen LogP contribution in [0.3, 0.4) is 0 Å². The lowest BCUT2D eigenvalue weighted by molar-refractivity contribution is 0.168. The fraction of sp³-hybridized carbons (Fsp3) is 0.778. The summed E-state index contributed by atoms with van der Waals surface area (Å²) in [6.45, 7) is 19.3. The molecule has 0 saturated carbocycles. The van der Waals surface area contributed by atoms with Gasteiger partial charge in [-0.15, -0.1) is 13.2 Å². The Kier molecular flexibility index (Phi) is 13.8. The van der Waals surface area contributed by atoms with E-state index in [1.54, 1.807) is 0 Å². The van der Waals surface area contributed by atoms with Gasteiger partial charge in [-0.3, -0.25) is 0 Å². The summed E-state index contributed by atoms with van der Waals surface area (Å²) in [5.74, 6) is 0.